The van der Waals surface area contributed by atoms with E-state index in [1.165, 1.54) is 16.6 Å². The minimum atomic E-state index is 0. The van der Waals surface area contributed by atoms with Gasteiger partial charge in [0.15, 0.2) is 0 Å². The Kier molecular flexibility index (Phi) is 7.09. The van der Waals surface area contributed by atoms with Crippen LogP contribution >= 0.6 is 12.4 Å². The third kappa shape index (κ3) is 4.93. The minimum Gasteiger partial charge on any atom is -0.491 e. The molecule has 2 aromatic carbocycles. The SMILES string of the molecule is Cl.OCCOc1cccc(CN2CCC(Nc3cccc4cnccc34)C2)c1. The smallest absolute Gasteiger partial charge is 0.119 e. The third-order valence-corrected chi connectivity index (χ3v) is 4.98. The average molecular weight is 400 g/mol. The second-order valence-corrected chi connectivity index (χ2v) is 6.99. The van der Waals surface area contributed by atoms with E-state index in [1.807, 2.05) is 24.5 Å². The Labute approximate surface area is 171 Å². The predicted octanol–water partition coefficient (Wildman–Crippen LogP) is 3.71. The molecule has 28 heavy (non-hydrogen) atoms. The van der Waals surface area contributed by atoms with E-state index < -0.39 is 0 Å². The second kappa shape index (κ2) is 9.73. The first-order valence-electron chi connectivity index (χ1n) is 9.46. The molecule has 5 nitrogen and oxygen atoms in total. The predicted molar refractivity (Wildman–Crippen MR) is 115 cm³/mol. The van der Waals surface area contributed by atoms with E-state index in [4.69, 9.17) is 9.84 Å². The zero-order valence-electron chi connectivity index (χ0n) is 15.8. The van der Waals surface area contributed by atoms with Crippen LogP contribution in [0.1, 0.15) is 12.0 Å². The summed E-state index contributed by atoms with van der Waals surface area (Å²) in [6.07, 6.45) is 4.88. The van der Waals surface area contributed by atoms with E-state index in [9.17, 15) is 0 Å². The van der Waals surface area contributed by atoms with Gasteiger partial charge < -0.3 is 15.2 Å². The van der Waals surface area contributed by atoms with Gasteiger partial charge in [0, 0.05) is 54.5 Å². The molecule has 2 N–H and O–H groups in total. The molecule has 0 saturated carbocycles. The maximum Gasteiger partial charge on any atom is 0.119 e. The van der Waals surface area contributed by atoms with Gasteiger partial charge in [0.1, 0.15) is 12.4 Å². The molecular formula is C22H26ClN3O2. The first kappa shape index (κ1) is 20.4. The monoisotopic (exact) mass is 399 g/mol. The number of aliphatic hydroxyl groups is 1. The quantitative estimate of drug-likeness (QED) is 0.634. The van der Waals surface area contributed by atoms with Crippen molar-refractivity contribution in [1.29, 1.82) is 0 Å². The molecule has 0 radical (unpaired) electrons. The summed E-state index contributed by atoms with van der Waals surface area (Å²) in [5.41, 5.74) is 2.42. The standard InChI is InChI=1S/C22H25N3O2.ClH/c26-11-12-27-20-5-1-3-17(13-20)15-25-10-8-19(16-25)24-22-6-2-4-18-14-23-9-7-21(18)22;/h1-7,9,13-14,19,24,26H,8,10-12,15-16H2;1H. The van der Waals surface area contributed by atoms with Crippen LogP contribution in [0.3, 0.4) is 0 Å². The number of fused-ring (bicyclic) bond motifs is 1. The molecular weight excluding hydrogens is 374 g/mol. The summed E-state index contributed by atoms with van der Waals surface area (Å²) in [7, 11) is 0. The Hall–Kier alpha value is -2.34. The Morgan fingerprint density at radius 1 is 1.18 bits per heavy atom. The van der Waals surface area contributed by atoms with Crippen LogP contribution in [0.5, 0.6) is 5.75 Å². The van der Waals surface area contributed by atoms with Crippen molar-refractivity contribution < 1.29 is 9.84 Å². The number of anilines is 1. The number of likely N-dealkylation sites (tertiary alicyclic amines) is 1. The van der Waals surface area contributed by atoms with Gasteiger partial charge in [-0.15, -0.1) is 12.4 Å². The highest BCUT2D eigenvalue weighted by Gasteiger charge is 2.22. The first-order valence-corrected chi connectivity index (χ1v) is 9.46. The molecule has 4 rings (SSSR count). The van der Waals surface area contributed by atoms with Gasteiger partial charge >= 0.3 is 0 Å². The normalized spacial score (nSPS) is 16.7. The Bertz CT molecular complexity index is 900. The van der Waals surface area contributed by atoms with Crippen LogP contribution in [0.15, 0.2) is 60.9 Å². The van der Waals surface area contributed by atoms with E-state index in [0.717, 1.165) is 37.2 Å². The van der Waals surface area contributed by atoms with Crippen molar-refractivity contribution >= 4 is 28.9 Å². The molecule has 1 aliphatic heterocycles. The minimum absolute atomic E-state index is 0. The lowest BCUT2D eigenvalue weighted by Gasteiger charge is -2.18. The van der Waals surface area contributed by atoms with Gasteiger partial charge in [-0.1, -0.05) is 24.3 Å². The summed E-state index contributed by atoms with van der Waals surface area (Å²) in [5, 5.41) is 15.0. The number of rotatable bonds is 7. The fourth-order valence-corrected chi connectivity index (χ4v) is 3.72. The molecule has 1 saturated heterocycles. The van der Waals surface area contributed by atoms with Crippen LogP contribution in [0, 0.1) is 0 Å². The first-order chi connectivity index (χ1) is 13.3. The van der Waals surface area contributed by atoms with Crippen LogP contribution in [-0.4, -0.2) is 47.3 Å². The molecule has 1 aromatic heterocycles. The summed E-state index contributed by atoms with van der Waals surface area (Å²) < 4.78 is 5.52. The highest BCUT2D eigenvalue weighted by atomic mass is 35.5. The van der Waals surface area contributed by atoms with E-state index in [2.05, 4.69) is 51.6 Å². The maximum atomic E-state index is 8.90. The number of aliphatic hydroxyl groups excluding tert-OH is 1. The van der Waals surface area contributed by atoms with E-state index in [0.29, 0.717) is 12.6 Å². The summed E-state index contributed by atoms with van der Waals surface area (Å²) in [5.74, 6) is 0.819. The van der Waals surface area contributed by atoms with Crippen LogP contribution in [0.4, 0.5) is 5.69 Å². The molecule has 0 amide bonds. The summed E-state index contributed by atoms with van der Waals surface area (Å²) >= 11 is 0. The van der Waals surface area contributed by atoms with Crippen LogP contribution in [0.25, 0.3) is 10.8 Å². The number of aromatic nitrogens is 1. The van der Waals surface area contributed by atoms with E-state index >= 15 is 0 Å². The molecule has 0 aliphatic carbocycles. The molecule has 1 atom stereocenters. The number of pyridine rings is 1. The highest BCUT2D eigenvalue weighted by Crippen LogP contribution is 2.25. The fourth-order valence-electron chi connectivity index (χ4n) is 3.72. The maximum absolute atomic E-state index is 8.90. The number of nitrogens with zero attached hydrogens (tertiary/aromatic N) is 2. The zero-order chi connectivity index (χ0) is 18.5. The topological polar surface area (TPSA) is 57.6 Å². The van der Waals surface area contributed by atoms with Crippen molar-refractivity contribution in [3.63, 3.8) is 0 Å². The Morgan fingerprint density at radius 2 is 2.07 bits per heavy atom. The molecule has 0 spiro atoms. The zero-order valence-corrected chi connectivity index (χ0v) is 16.6. The average Bonchev–Trinajstić information content (AvgIpc) is 3.14. The molecule has 1 fully saturated rings. The van der Waals surface area contributed by atoms with Crippen LogP contribution < -0.4 is 10.1 Å². The number of ether oxygens (including phenoxy) is 1. The number of halogens is 1. The van der Waals surface area contributed by atoms with Gasteiger partial charge in [-0.25, -0.2) is 0 Å². The number of hydrogen-bond acceptors (Lipinski definition) is 5. The van der Waals surface area contributed by atoms with E-state index in [1.54, 1.807) is 0 Å². The van der Waals surface area contributed by atoms with Crippen LogP contribution in [-0.2, 0) is 6.54 Å². The molecule has 1 unspecified atom stereocenters. The lowest BCUT2D eigenvalue weighted by molar-refractivity contribution is 0.201. The van der Waals surface area contributed by atoms with Crippen molar-refractivity contribution in [2.75, 3.05) is 31.6 Å². The lowest BCUT2D eigenvalue weighted by Crippen LogP contribution is -2.26. The number of benzene rings is 2. The van der Waals surface area contributed by atoms with Gasteiger partial charge in [-0.05, 0) is 36.2 Å². The summed E-state index contributed by atoms with van der Waals surface area (Å²) in [6, 6.07) is 17.0. The van der Waals surface area contributed by atoms with Crippen molar-refractivity contribution in [3.05, 3.63) is 66.5 Å². The van der Waals surface area contributed by atoms with Crippen molar-refractivity contribution in [2.24, 2.45) is 0 Å². The number of hydrogen-bond donors (Lipinski definition) is 2. The number of nitrogens with one attached hydrogen (secondary N) is 1. The molecule has 2 heterocycles. The Balaban J connectivity index is 0.00000225. The molecule has 3 aromatic rings. The fraction of sp³-hybridized carbons (Fsp3) is 0.318. The van der Waals surface area contributed by atoms with Gasteiger partial charge in [0.2, 0.25) is 0 Å². The molecule has 148 valence electrons. The van der Waals surface area contributed by atoms with E-state index in [-0.39, 0.29) is 19.0 Å². The summed E-state index contributed by atoms with van der Waals surface area (Å²) in [6.45, 7) is 3.37. The van der Waals surface area contributed by atoms with Gasteiger partial charge in [0.25, 0.3) is 0 Å². The third-order valence-electron chi connectivity index (χ3n) is 4.98. The van der Waals surface area contributed by atoms with Gasteiger partial charge in [-0.2, -0.15) is 0 Å². The molecule has 0 bridgehead atoms. The van der Waals surface area contributed by atoms with Crippen LogP contribution in [0.2, 0.25) is 0 Å². The van der Waals surface area contributed by atoms with Crippen molar-refractivity contribution in [3.8, 4) is 5.75 Å². The second-order valence-electron chi connectivity index (χ2n) is 6.99. The van der Waals surface area contributed by atoms with Crippen molar-refractivity contribution in [1.82, 2.24) is 9.88 Å². The Morgan fingerprint density at radius 3 is 2.96 bits per heavy atom. The molecule has 1 aliphatic rings. The summed E-state index contributed by atoms with van der Waals surface area (Å²) in [4.78, 5) is 6.68. The van der Waals surface area contributed by atoms with Gasteiger partial charge in [-0.3, -0.25) is 9.88 Å². The van der Waals surface area contributed by atoms with Gasteiger partial charge in [0.05, 0.1) is 6.61 Å². The largest absolute Gasteiger partial charge is 0.491 e. The lowest BCUT2D eigenvalue weighted by atomic mass is 10.1. The molecule has 6 heteroatoms. The highest BCUT2D eigenvalue weighted by molar-refractivity contribution is 5.93. The van der Waals surface area contributed by atoms with Crippen molar-refractivity contribution in [2.45, 2.75) is 19.0 Å².